The molecule has 0 spiro atoms. The molecule has 0 saturated carbocycles. The maximum atomic E-state index is 12.2. The van der Waals surface area contributed by atoms with Gasteiger partial charge in [-0.1, -0.05) is 56.8 Å². The van der Waals surface area contributed by atoms with Crippen molar-refractivity contribution < 1.29 is 9.21 Å². The Balaban J connectivity index is 1.60. The number of carbonyl (C=O) groups excluding carboxylic acids is 1. The molecule has 6 heteroatoms. The summed E-state index contributed by atoms with van der Waals surface area (Å²) in [6, 6.07) is 14.0. The second-order valence-corrected chi connectivity index (χ2v) is 8.71. The zero-order valence-corrected chi connectivity index (χ0v) is 17.7. The van der Waals surface area contributed by atoms with E-state index < -0.39 is 0 Å². The molecule has 146 valence electrons. The molecule has 1 heterocycles. The van der Waals surface area contributed by atoms with Gasteiger partial charge in [0.25, 0.3) is 5.22 Å². The van der Waals surface area contributed by atoms with Gasteiger partial charge in [0.15, 0.2) is 0 Å². The van der Waals surface area contributed by atoms with Crippen molar-refractivity contribution in [2.75, 3.05) is 11.1 Å². The first-order valence-corrected chi connectivity index (χ1v) is 10.2. The Morgan fingerprint density at radius 2 is 1.79 bits per heavy atom. The van der Waals surface area contributed by atoms with E-state index in [1.807, 2.05) is 44.2 Å². The lowest BCUT2D eigenvalue weighted by molar-refractivity contribution is -0.113. The van der Waals surface area contributed by atoms with Gasteiger partial charge >= 0.3 is 0 Å². The second kappa shape index (κ2) is 8.19. The fourth-order valence-corrected chi connectivity index (χ4v) is 3.26. The van der Waals surface area contributed by atoms with Crippen LogP contribution >= 0.6 is 11.8 Å². The normalized spacial score (nSPS) is 11.5. The zero-order valence-electron chi connectivity index (χ0n) is 16.9. The molecule has 2 aromatic carbocycles. The molecule has 0 aliphatic heterocycles. The van der Waals surface area contributed by atoms with E-state index in [1.165, 1.54) is 17.3 Å². The number of rotatable bonds is 5. The molecule has 0 fully saturated rings. The summed E-state index contributed by atoms with van der Waals surface area (Å²) in [4.78, 5) is 12.2. The van der Waals surface area contributed by atoms with E-state index in [0.29, 0.717) is 11.1 Å². The lowest BCUT2D eigenvalue weighted by Gasteiger charge is -2.18. The van der Waals surface area contributed by atoms with Crippen LogP contribution in [0.1, 0.15) is 37.5 Å². The largest absolute Gasteiger partial charge is 0.411 e. The number of benzene rings is 2. The lowest BCUT2D eigenvalue weighted by Crippen LogP contribution is -2.15. The van der Waals surface area contributed by atoms with Crippen LogP contribution in [0.4, 0.5) is 5.69 Å². The molecule has 28 heavy (non-hydrogen) atoms. The number of hydrogen-bond acceptors (Lipinski definition) is 5. The predicted molar refractivity (Wildman–Crippen MR) is 114 cm³/mol. The number of thioether (sulfide) groups is 1. The highest BCUT2D eigenvalue weighted by Crippen LogP contribution is 2.27. The van der Waals surface area contributed by atoms with Crippen molar-refractivity contribution in [3.05, 3.63) is 59.2 Å². The molecule has 0 unspecified atom stereocenters. The highest BCUT2D eigenvalue weighted by molar-refractivity contribution is 7.99. The fourth-order valence-electron chi connectivity index (χ4n) is 2.70. The summed E-state index contributed by atoms with van der Waals surface area (Å²) in [6.45, 7) is 10.5. The van der Waals surface area contributed by atoms with Gasteiger partial charge in [0, 0.05) is 11.3 Å². The number of aromatic nitrogens is 2. The van der Waals surface area contributed by atoms with Gasteiger partial charge in [0.2, 0.25) is 11.8 Å². The van der Waals surface area contributed by atoms with Gasteiger partial charge in [-0.2, -0.15) is 0 Å². The van der Waals surface area contributed by atoms with Crippen LogP contribution in [-0.4, -0.2) is 21.9 Å². The molecule has 0 atom stereocenters. The first kappa shape index (κ1) is 20.1. The van der Waals surface area contributed by atoms with Crippen molar-refractivity contribution in [3.63, 3.8) is 0 Å². The topological polar surface area (TPSA) is 68.0 Å². The minimum absolute atomic E-state index is 0.0946. The van der Waals surface area contributed by atoms with E-state index in [0.717, 1.165) is 22.4 Å². The molecule has 3 aromatic rings. The van der Waals surface area contributed by atoms with E-state index in [1.54, 1.807) is 0 Å². The summed E-state index contributed by atoms with van der Waals surface area (Å²) in [6.07, 6.45) is 0. The highest BCUT2D eigenvalue weighted by atomic mass is 32.2. The van der Waals surface area contributed by atoms with Gasteiger partial charge in [0.05, 0.1) is 5.75 Å². The Kier molecular flexibility index (Phi) is 5.89. The maximum absolute atomic E-state index is 12.2. The van der Waals surface area contributed by atoms with Crippen LogP contribution < -0.4 is 5.32 Å². The summed E-state index contributed by atoms with van der Waals surface area (Å²) in [7, 11) is 0. The fraction of sp³-hybridized carbons (Fsp3) is 0.318. The smallest absolute Gasteiger partial charge is 0.277 e. The number of aryl methyl sites for hydroxylation is 1. The van der Waals surface area contributed by atoms with Crippen molar-refractivity contribution in [1.82, 2.24) is 10.2 Å². The first-order chi connectivity index (χ1) is 13.2. The summed E-state index contributed by atoms with van der Waals surface area (Å²) in [5, 5.41) is 11.4. The molecule has 0 aliphatic rings. The van der Waals surface area contributed by atoms with Crippen molar-refractivity contribution in [3.8, 4) is 11.5 Å². The Bertz CT molecular complexity index is 972. The van der Waals surface area contributed by atoms with Gasteiger partial charge in [-0.05, 0) is 54.2 Å². The number of nitrogens with zero attached hydrogens (tertiary/aromatic N) is 2. The van der Waals surface area contributed by atoms with Gasteiger partial charge in [-0.25, -0.2) is 0 Å². The van der Waals surface area contributed by atoms with Crippen LogP contribution in [-0.2, 0) is 10.2 Å². The van der Waals surface area contributed by atoms with Gasteiger partial charge < -0.3 is 9.73 Å². The summed E-state index contributed by atoms with van der Waals surface area (Å²) >= 11 is 1.23. The molecule has 0 aliphatic carbocycles. The lowest BCUT2D eigenvalue weighted by atomic mass is 9.87. The molecule has 1 amide bonds. The third kappa shape index (κ3) is 4.81. The molecule has 1 aromatic heterocycles. The third-order valence-corrected chi connectivity index (χ3v) is 5.43. The van der Waals surface area contributed by atoms with Gasteiger partial charge in [-0.15, -0.1) is 10.2 Å². The van der Waals surface area contributed by atoms with Crippen LogP contribution in [0.3, 0.4) is 0 Å². The van der Waals surface area contributed by atoms with Gasteiger partial charge in [0.1, 0.15) is 0 Å². The average molecular weight is 396 g/mol. The van der Waals surface area contributed by atoms with Crippen molar-refractivity contribution >= 4 is 23.4 Å². The maximum Gasteiger partial charge on any atom is 0.277 e. The minimum atomic E-state index is -0.104. The van der Waals surface area contributed by atoms with E-state index in [2.05, 4.69) is 48.4 Å². The minimum Gasteiger partial charge on any atom is -0.411 e. The molecule has 5 nitrogen and oxygen atoms in total. The first-order valence-electron chi connectivity index (χ1n) is 9.17. The standard InChI is InChI=1S/C22H25N3O2S/c1-14-7-6-8-18(15(14)2)23-19(26)13-28-21-25-24-20(27-21)16-9-11-17(12-10-16)22(3,4)5/h6-12H,13H2,1-5H3,(H,23,26). The number of anilines is 1. The number of carbonyl (C=O) groups is 1. The summed E-state index contributed by atoms with van der Waals surface area (Å²) in [5.74, 6) is 0.559. The molecular formula is C22H25N3O2S. The number of amides is 1. The van der Waals surface area contributed by atoms with Crippen LogP contribution in [0.2, 0.25) is 0 Å². The summed E-state index contributed by atoms with van der Waals surface area (Å²) in [5.41, 5.74) is 5.25. The van der Waals surface area contributed by atoms with Crippen LogP contribution in [0, 0.1) is 13.8 Å². The average Bonchev–Trinajstić information content (AvgIpc) is 3.12. The van der Waals surface area contributed by atoms with Crippen LogP contribution in [0.25, 0.3) is 11.5 Å². The zero-order chi connectivity index (χ0) is 20.3. The quantitative estimate of drug-likeness (QED) is 0.587. The second-order valence-electron chi connectivity index (χ2n) is 7.78. The Hall–Kier alpha value is -2.60. The van der Waals surface area contributed by atoms with E-state index in [-0.39, 0.29) is 17.1 Å². The Morgan fingerprint density at radius 3 is 2.46 bits per heavy atom. The van der Waals surface area contributed by atoms with Gasteiger partial charge in [-0.3, -0.25) is 4.79 Å². The molecular weight excluding hydrogens is 370 g/mol. The SMILES string of the molecule is Cc1cccc(NC(=O)CSc2nnc(-c3ccc(C(C)(C)C)cc3)o2)c1C. The summed E-state index contributed by atoms with van der Waals surface area (Å²) < 4.78 is 5.70. The molecule has 3 rings (SSSR count). The van der Waals surface area contributed by atoms with E-state index >= 15 is 0 Å². The number of hydrogen-bond donors (Lipinski definition) is 1. The molecule has 0 saturated heterocycles. The van der Waals surface area contributed by atoms with E-state index in [9.17, 15) is 4.79 Å². The van der Waals surface area contributed by atoms with Crippen LogP contribution in [0.5, 0.6) is 0 Å². The van der Waals surface area contributed by atoms with Crippen molar-refractivity contribution in [1.29, 1.82) is 0 Å². The van der Waals surface area contributed by atoms with E-state index in [4.69, 9.17) is 4.42 Å². The van der Waals surface area contributed by atoms with Crippen molar-refractivity contribution in [2.24, 2.45) is 0 Å². The highest BCUT2D eigenvalue weighted by Gasteiger charge is 2.15. The molecule has 0 radical (unpaired) electrons. The Labute approximate surface area is 170 Å². The monoisotopic (exact) mass is 395 g/mol. The van der Waals surface area contributed by atoms with Crippen LogP contribution in [0.15, 0.2) is 52.1 Å². The Morgan fingerprint density at radius 1 is 1.07 bits per heavy atom. The third-order valence-electron chi connectivity index (χ3n) is 4.61. The number of nitrogens with one attached hydrogen (secondary N) is 1. The predicted octanol–water partition coefficient (Wildman–Crippen LogP) is 5.38. The molecule has 0 bridgehead atoms. The van der Waals surface area contributed by atoms with Crippen molar-refractivity contribution in [2.45, 2.75) is 45.3 Å². The molecule has 1 N–H and O–H groups in total.